The molecule has 0 saturated heterocycles. The van der Waals surface area contributed by atoms with E-state index in [9.17, 15) is 4.79 Å². The third-order valence-electron chi connectivity index (χ3n) is 4.70. The van der Waals surface area contributed by atoms with Crippen molar-refractivity contribution in [3.63, 3.8) is 0 Å². The number of benzene rings is 2. The fourth-order valence-electron chi connectivity index (χ4n) is 3.09. The number of nitrogens with zero attached hydrogens (tertiary/aromatic N) is 3. The van der Waals surface area contributed by atoms with E-state index in [0.29, 0.717) is 5.16 Å². The number of rotatable bonds is 7. The normalized spacial score (nSPS) is 13.0. The molecule has 4 rings (SSSR count). The first kappa shape index (κ1) is 20.4. The first-order chi connectivity index (χ1) is 14.6. The van der Waals surface area contributed by atoms with Gasteiger partial charge in [-0.3, -0.25) is 9.36 Å². The number of amides is 1. The summed E-state index contributed by atoms with van der Waals surface area (Å²) in [5.41, 5.74) is 2.05. The van der Waals surface area contributed by atoms with Crippen LogP contribution < -0.4 is 5.32 Å². The molecule has 5 nitrogen and oxygen atoms in total. The zero-order valence-electron chi connectivity index (χ0n) is 16.7. The number of para-hydroxylation sites is 1. The summed E-state index contributed by atoms with van der Waals surface area (Å²) in [6.45, 7) is 3.89. The van der Waals surface area contributed by atoms with Gasteiger partial charge in [-0.15, -0.1) is 21.5 Å². The van der Waals surface area contributed by atoms with E-state index in [-0.39, 0.29) is 17.2 Å². The van der Waals surface area contributed by atoms with Crippen molar-refractivity contribution < 1.29 is 4.79 Å². The fourth-order valence-corrected chi connectivity index (χ4v) is 4.66. The van der Waals surface area contributed by atoms with Gasteiger partial charge < -0.3 is 5.32 Å². The zero-order valence-corrected chi connectivity index (χ0v) is 18.4. The van der Waals surface area contributed by atoms with Crippen LogP contribution in [-0.4, -0.2) is 25.9 Å². The monoisotopic (exact) mass is 434 g/mol. The molecule has 2 aromatic carbocycles. The second kappa shape index (κ2) is 9.28. The fraction of sp³-hybridized carbons (Fsp3) is 0.174. The molecular weight excluding hydrogens is 412 g/mol. The molecule has 0 radical (unpaired) electrons. The van der Waals surface area contributed by atoms with Crippen molar-refractivity contribution >= 4 is 29.0 Å². The molecule has 30 heavy (non-hydrogen) atoms. The highest BCUT2D eigenvalue weighted by molar-refractivity contribution is 8.00. The smallest absolute Gasteiger partial charge is 0.233 e. The first-order valence-electron chi connectivity index (χ1n) is 9.70. The molecule has 2 aromatic heterocycles. The molecule has 0 fully saturated rings. The molecule has 2 atom stereocenters. The van der Waals surface area contributed by atoms with Gasteiger partial charge in [0.15, 0.2) is 11.0 Å². The van der Waals surface area contributed by atoms with Crippen LogP contribution in [-0.2, 0) is 4.79 Å². The topological polar surface area (TPSA) is 59.8 Å². The second-order valence-electron chi connectivity index (χ2n) is 6.86. The number of nitrogens with one attached hydrogen (secondary N) is 1. The largest absolute Gasteiger partial charge is 0.349 e. The Labute approximate surface area is 184 Å². The number of thioether (sulfide) groups is 1. The number of hydrogen-bond donors (Lipinski definition) is 1. The summed E-state index contributed by atoms with van der Waals surface area (Å²) in [5.74, 6) is 0.751. The van der Waals surface area contributed by atoms with Gasteiger partial charge in [0, 0.05) is 5.69 Å². The minimum atomic E-state index is -0.320. The maximum absolute atomic E-state index is 12.8. The van der Waals surface area contributed by atoms with Crippen molar-refractivity contribution in [1.82, 2.24) is 20.1 Å². The number of carbonyl (C=O) groups excluding carboxylic acids is 1. The SMILES string of the molecule is CC(Sc1nnc(-c2cccs2)n1-c1ccccc1)C(=O)NC(C)c1ccccc1. The molecule has 0 aliphatic carbocycles. The van der Waals surface area contributed by atoms with Gasteiger partial charge in [-0.2, -0.15) is 0 Å². The standard InChI is InChI=1S/C23H22N4OS2/c1-16(18-10-5-3-6-11-18)24-22(28)17(2)30-23-26-25-21(20-14-9-15-29-20)27(23)19-12-7-4-8-13-19/h3-17H,1-2H3,(H,24,28). The lowest BCUT2D eigenvalue weighted by Crippen LogP contribution is -2.33. The lowest BCUT2D eigenvalue weighted by molar-refractivity contribution is -0.120. The van der Waals surface area contributed by atoms with Gasteiger partial charge in [0.05, 0.1) is 16.2 Å². The van der Waals surface area contributed by atoms with Gasteiger partial charge in [0.25, 0.3) is 0 Å². The Balaban J connectivity index is 1.56. The van der Waals surface area contributed by atoms with Gasteiger partial charge in [-0.1, -0.05) is 66.4 Å². The highest BCUT2D eigenvalue weighted by Gasteiger charge is 2.23. The molecule has 0 aliphatic heterocycles. The van der Waals surface area contributed by atoms with E-state index in [4.69, 9.17) is 0 Å². The average Bonchev–Trinajstić information content (AvgIpc) is 3.44. The van der Waals surface area contributed by atoms with Crippen molar-refractivity contribution in [3.05, 3.63) is 83.7 Å². The molecule has 2 heterocycles. The Morgan fingerprint density at radius 1 is 0.967 bits per heavy atom. The van der Waals surface area contributed by atoms with Crippen LogP contribution in [0.2, 0.25) is 0 Å². The van der Waals surface area contributed by atoms with Gasteiger partial charge in [-0.05, 0) is 43.0 Å². The van der Waals surface area contributed by atoms with Crippen molar-refractivity contribution in [1.29, 1.82) is 0 Å². The van der Waals surface area contributed by atoms with Gasteiger partial charge in [0.2, 0.25) is 5.91 Å². The van der Waals surface area contributed by atoms with E-state index in [1.807, 2.05) is 96.6 Å². The Bertz CT molecular complexity index is 1090. The lowest BCUT2D eigenvalue weighted by Gasteiger charge is -2.18. The van der Waals surface area contributed by atoms with Crippen LogP contribution in [0.15, 0.2) is 83.3 Å². The van der Waals surface area contributed by atoms with Gasteiger partial charge >= 0.3 is 0 Å². The number of aromatic nitrogens is 3. The minimum Gasteiger partial charge on any atom is -0.349 e. The maximum Gasteiger partial charge on any atom is 0.233 e. The average molecular weight is 435 g/mol. The van der Waals surface area contributed by atoms with Crippen LogP contribution in [0.4, 0.5) is 0 Å². The molecule has 0 aliphatic rings. The third kappa shape index (κ3) is 4.47. The van der Waals surface area contributed by atoms with Crippen LogP contribution in [0.3, 0.4) is 0 Å². The van der Waals surface area contributed by atoms with E-state index in [0.717, 1.165) is 22.0 Å². The molecular formula is C23H22N4OS2. The van der Waals surface area contributed by atoms with Crippen LogP contribution >= 0.6 is 23.1 Å². The zero-order chi connectivity index (χ0) is 20.9. The van der Waals surface area contributed by atoms with E-state index >= 15 is 0 Å². The number of thiophene rings is 1. The molecule has 152 valence electrons. The quantitative estimate of drug-likeness (QED) is 0.398. The number of carbonyl (C=O) groups is 1. The van der Waals surface area contributed by atoms with E-state index in [1.165, 1.54) is 11.8 Å². The molecule has 4 aromatic rings. The van der Waals surface area contributed by atoms with Gasteiger partial charge in [0.1, 0.15) is 0 Å². The Kier molecular flexibility index (Phi) is 6.30. The Morgan fingerprint density at radius 3 is 2.33 bits per heavy atom. The summed E-state index contributed by atoms with van der Waals surface area (Å²) in [4.78, 5) is 13.9. The number of hydrogen-bond acceptors (Lipinski definition) is 5. The van der Waals surface area contributed by atoms with Crippen LogP contribution in [0.5, 0.6) is 0 Å². The highest BCUT2D eigenvalue weighted by Crippen LogP contribution is 2.32. The summed E-state index contributed by atoms with van der Waals surface area (Å²) >= 11 is 3.03. The molecule has 1 N–H and O–H groups in total. The molecule has 7 heteroatoms. The van der Waals surface area contributed by atoms with E-state index < -0.39 is 0 Å². The summed E-state index contributed by atoms with van der Waals surface area (Å²) in [6, 6.07) is 23.9. The molecule has 2 unspecified atom stereocenters. The predicted molar refractivity (Wildman–Crippen MR) is 123 cm³/mol. The third-order valence-corrected chi connectivity index (χ3v) is 6.61. The highest BCUT2D eigenvalue weighted by atomic mass is 32.2. The summed E-state index contributed by atoms with van der Waals surface area (Å²) in [6.07, 6.45) is 0. The van der Waals surface area contributed by atoms with E-state index in [2.05, 4.69) is 15.5 Å². The predicted octanol–water partition coefficient (Wildman–Crippen LogP) is 5.35. The summed E-state index contributed by atoms with van der Waals surface area (Å²) in [5, 5.41) is 14.3. The van der Waals surface area contributed by atoms with Crippen LogP contribution in [0.1, 0.15) is 25.5 Å². The van der Waals surface area contributed by atoms with Gasteiger partial charge in [-0.25, -0.2) is 0 Å². The molecule has 0 saturated carbocycles. The van der Waals surface area contributed by atoms with Crippen molar-refractivity contribution in [2.45, 2.75) is 30.3 Å². The van der Waals surface area contributed by atoms with Crippen LogP contribution in [0, 0.1) is 0 Å². The second-order valence-corrected chi connectivity index (χ2v) is 9.11. The Hall–Kier alpha value is -2.90. The maximum atomic E-state index is 12.8. The molecule has 0 spiro atoms. The summed E-state index contributed by atoms with van der Waals surface area (Å²) in [7, 11) is 0. The van der Waals surface area contributed by atoms with Crippen molar-refractivity contribution in [2.24, 2.45) is 0 Å². The van der Waals surface area contributed by atoms with Crippen molar-refractivity contribution in [2.75, 3.05) is 0 Å². The first-order valence-corrected chi connectivity index (χ1v) is 11.5. The Morgan fingerprint density at radius 2 is 1.67 bits per heavy atom. The van der Waals surface area contributed by atoms with Crippen LogP contribution in [0.25, 0.3) is 16.4 Å². The summed E-state index contributed by atoms with van der Waals surface area (Å²) < 4.78 is 2.01. The van der Waals surface area contributed by atoms with E-state index in [1.54, 1.807) is 11.3 Å². The molecule has 0 bridgehead atoms. The minimum absolute atomic E-state index is 0.0309. The molecule has 1 amide bonds. The van der Waals surface area contributed by atoms with Crippen molar-refractivity contribution in [3.8, 4) is 16.4 Å². The lowest BCUT2D eigenvalue weighted by atomic mass is 10.1.